The van der Waals surface area contributed by atoms with Gasteiger partial charge in [0.2, 0.25) is 0 Å². The molecule has 0 aromatic rings. The van der Waals surface area contributed by atoms with Crippen molar-refractivity contribution in [1.82, 2.24) is 0 Å². The van der Waals surface area contributed by atoms with Crippen LogP contribution in [0.2, 0.25) is 0 Å². The molecule has 0 aromatic heterocycles. The molecule has 0 amide bonds. The molecule has 0 saturated carbocycles. The monoisotopic (exact) mass is 320 g/mol. The van der Waals surface area contributed by atoms with Gasteiger partial charge in [-0.05, 0) is 26.2 Å². The van der Waals surface area contributed by atoms with Crippen molar-refractivity contribution >= 4 is 0 Å². The molecule has 1 fully saturated rings. The van der Waals surface area contributed by atoms with Crippen LogP contribution in [0.15, 0.2) is 0 Å². The zero-order valence-corrected chi connectivity index (χ0v) is 14.1. The van der Waals surface area contributed by atoms with E-state index in [9.17, 15) is 20.4 Å². The van der Waals surface area contributed by atoms with E-state index < -0.39 is 30.7 Å². The Morgan fingerprint density at radius 2 is 1.73 bits per heavy atom. The Balaban J connectivity index is 2.40. The zero-order valence-electron chi connectivity index (χ0n) is 14.1. The summed E-state index contributed by atoms with van der Waals surface area (Å²) in [5.74, 6) is 0.700. The highest BCUT2D eigenvalue weighted by atomic mass is 16.6. The van der Waals surface area contributed by atoms with Crippen LogP contribution in [-0.2, 0) is 9.47 Å². The molecule has 1 aliphatic heterocycles. The molecule has 4 N–H and O–H groups in total. The van der Waals surface area contributed by atoms with E-state index in [1.165, 1.54) is 6.42 Å². The van der Waals surface area contributed by atoms with Crippen LogP contribution >= 0.6 is 0 Å². The van der Waals surface area contributed by atoms with Gasteiger partial charge in [-0.15, -0.1) is 0 Å². The predicted octanol–water partition coefficient (Wildman–Crippen LogP) is 0.798. The number of ether oxygens (including phenoxy) is 2. The van der Waals surface area contributed by atoms with Crippen LogP contribution in [-0.4, -0.2) is 63.3 Å². The van der Waals surface area contributed by atoms with Crippen molar-refractivity contribution in [2.75, 3.05) is 6.61 Å². The highest BCUT2D eigenvalue weighted by molar-refractivity contribution is 4.89. The number of aliphatic hydroxyl groups excluding tert-OH is 4. The van der Waals surface area contributed by atoms with Gasteiger partial charge >= 0.3 is 0 Å². The lowest BCUT2D eigenvalue weighted by Crippen LogP contribution is -2.59. The first-order chi connectivity index (χ1) is 10.2. The van der Waals surface area contributed by atoms with Crippen LogP contribution < -0.4 is 0 Å². The van der Waals surface area contributed by atoms with E-state index in [0.29, 0.717) is 5.92 Å². The molecule has 0 spiro atoms. The Bertz CT molecular complexity index is 322. The van der Waals surface area contributed by atoms with E-state index in [-0.39, 0.29) is 12.2 Å². The van der Waals surface area contributed by atoms with E-state index in [1.807, 2.05) is 13.8 Å². The SMILES string of the molecule is CCC(C)CCCC(C)(C)OCC1OC(O)C(O)C(O)C1O. The van der Waals surface area contributed by atoms with Crippen molar-refractivity contribution in [2.45, 2.75) is 89.7 Å². The summed E-state index contributed by atoms with van der Waals surface area (Å²) in [4.78, 5) is 0. The smallest absolute Gasteiger partial charge is 0.184 e. The summed E-state index contributed by atoms with van der Waals surface area (Å²) < 4.78 is 10.9. The number of hydrogen-bond acceptors (Lipinski definition) is 6. The van der Waals surface area contributed by atoms with E-state index >= 15 is 0 Å². The fourth-order valence-corrected chi connectivity index (χ4v) is 2.53. The third-order valence-electron chi connectivity index (χ3n) is 4.50. The molecule has 6 heteroatoms. The molecule has 6 atom stereocenters. The second-order valence-electron chi connectivity index (χ2n) is 7.01. The molecular formula is C16H32O6. The molecule has 0 bridgehead atoms. The zero-order chi connectivity index (χ0) is 16.9. The average molecular weight is 320 g/mol. The molecule has 1 saturated heterocycles. The quantitative estimate of drug-likeness (QED) is 0.528. The maximum atomic E-state index is 9.88. The third-order valence-corrected chi connectivity index (χ3v) is 4.50. The lowest BCUT2D eigenvalue weighted by molar-refractivity contribution is -0.292. The average Bonchev–Trinajstić information content (AvgIpc) is 2.47. The second-order valence-corrected chi connectivity index (χ2v) is 7.01. The van der Waals surface area contributed by atoms with Crippen molar-refractivity contribution in [3.05, 3.63) is 0 Å². The summed E-state index contributed by atoms with van der Waals surface area (Å²) in [6, 6.07) is 0. The molecule has 0 radical (unpaired) electrons. The minimum atomic E-state index is -1.51. The Morgan fingerprint density at radius 3 is 2.32 bits per heavy atom. The first kappa shape index (κ1) is 19.8. The molecule has 0 aliphatic carbocycles. The maximum Gasteiger partial charge on any atom is 0.184 e. The minimum absolute atomic E-state index is 0.0539. The van der Waals surface area contributed by atoms with Crippen molar-refractivity contribution < 1.29 is 29.9 Å². The van der Waals surface area contributed by atoms with Gasteiger partial charge in [-0.3, -0.25) is 0 Å². The Labute approximate surface area is 133 Å². The molecule has 0 aromatic carbocycles. The Kier molecular flexibility index (Phi) is 7.71. The van der Waals surface area contributed by atoms with Crippen LogP contribution in [0.4, 0.5) is 0 Å². The fraction of sp³-hybridized carbons (Fsp3) is 1.00. The summed E-state index contributed by atoms with van der Waals surface area (Å²) in [6.45, 7) is 8.41. The molecule has 6 nitrogen and oxygen atoms in total. The van der Waals surface area contributed by atoms with Gasteiger partial charge in [0.1, 0.15) is 24.4 Å². The van der Waals surface area contributed by atoms with Gasteiger partial charge in [-0.2, -0.15) is 0 Å². The molecular weight excluding hydrogens is 288 g/mol. The van der Waals surface area contributed by atoms with Crippen LogP contribution in [0.25, 0.3) is 0 Å². The summed E-state index contributed by atoms with van der Waals surface area (Å²) in [7, 11) is 0. The molecule has 1 rings (SSSR count). The first-order valence-electron chi connectivity index (χ1n) is 8.19. The van der Waals surface area contributed by atoms with Gasteiger partial charge in [-0.1, -0.05) is 33.1 Å². The lowest BCUT2D eigenvalue weighted by Gasteiger charge is -2.39. The summed E-state index contributed by atoms with van der Waals surface area (Å²) in [6.07, 6.45) is -2.34. The van der Waals surface area contributed by atoms with Crippen LogP contribution in [0.3, 0.4) is 0 Å². The predicted molar refractivity (Wildman–Crippen MR) is 82.2 cm³/mol. The minimum Gasteiger partial charge on any atom is -0.387 e. The summed E-state index contributed by atoms with van der Waals surface area (Å²) in [5.41, 5.74) is -0.373. The fourth-order valence-electron chi connectivity index (χ4n) is 2.53. The number of hydrogen-bond donors (Lipinski definition) is 4. The van der Waals surface area contributed by atoms with Crippen LogP contribution in [0.5, 0.6) is 0 Å². The molecule has 22 heavy (non-hydrogen) atoms. The Hall–Kier alpha value is -0.240. The highest BCUT2D eigenvalue weighted by Gasteiger charge is 2.43. The normalized spacial score (nSPS) is 34.6. The summed E-state index contributed by atoms with van der Waals surface area (Å²) in [5, 5.41) is 38.5. The van der Waals surface area contributed by atoms with Gasteiger partial charge in [0.05, 0.1) is 12.2 Å². The van der Waals surface area contributed by atoms with Gasteiger partial charge in [0.25, 0.3) is 0 Å². The van der Waals surface area contributed by atoms with Gasteiger partial charge < -0.3 is 29.9 Å². The molecule has 132 valence electrons. The van der Waals surface area contributed by atoms with Crippen LogP contribution in [0, 0.1) is 5.92 Å². The molecule has 6 unspecified atom stereocenters. The van der Waals surface area contributed by atoms with Gasteiger partial charge in [-0.25, -0.2) is 0 Å². The maximum absolute atomic E-state index is 9.88. The van der Waals surface area contributed by atoms with Crippen molar-refractivity contribution in [1.29, 1.82) is 0 Å². The van der Waals surface area contributed by atoms with Crippen LogP contribution in [0.1, 0.15) is 53.4 Å². The van der Waals surface area contributed by atoms with Crippen molar-refractivity contribution in [3.63, 3.8) is 0 Å². The van der Waals surface area contributed by atoms with Crippen molar-refractivity contribution in [3.8, 4) is 0 Å². The topological polar surface area (TPSA) is 99.4 Å². The largest absolute Gasteiger partial charge is 0.387 e. The third kappa shape index (κ3) is 5.76. The number of rotatable bonds is 8. The van der Waals surface area contributed by atoms with Crippen molar-refractivity contribution in [2.24, 2.45) is 5.92 Å². The van der Waals surface area contributed by atoms with E-state index in [2.05, 4.69) is 13.8 Å². The lowest BCUT2D eigenvalue weighted by atomic mass is 9.95. The summed E-state index contributed by atoms with van der Waals surface area (Å²) >= 11 is 0. The number of aliphatic hydroxyl groups is 4. The second kappa shape index (κ2) is 8.57. The molecule has 1 heterocycles. The standard InChI is InChI=1S/C16H32O6/c1-5-10(2)7-6-8-16(3,4)21-9-11-12(17)13(18)14(19)15(20)22-11/h10-15,17-20H,5-9H2,1-4H3. The van der Waals surface area contributed by atoms with E-state index in [4.69, 9.17) is 9.47 Å². The highest BCUT2D eigenvalue weighted by Crippen LogP contribution is 2.24. The van der Waals surface area contributed by atoms with Gasteiger partial charge in [0, 0.05) is 0 Å². The van der Waals surface area contributed by atoms with E-state index in [0.717, 1.165) is 19.3 Å². The molecule has 1 aliphatic rings. The Morgan fingerprint density at radius 1 is 1.09 bits per heavy atom. The first-order valence-corrected chi connectivity index (χ1v) is 8.19. The van der Waals surface area contributed by atoms with Gasteiger partial charge in [0.15, 0.2) is 6.29 Å². The van der Waals surface area contributed by atoms with E-state index in [1.54, 1.807) is 0 Å².